The SMILES string of the molecule is CC(NCc1ccccc1C(N)=O)c1ccc(Cl)cc1Cl. The van der Waals surface area contributed by atoms with Crippen molar-refractivity contribution in [2.45, 2.75) is 19.5 Å². The quantitative estimate of drug-likeness (QED) is 0.875. The Kier molecular flexibility index (Phi) is 5.23. The summed E-state index contributed by atoms with van der Waals surface area (Å²) >= 11 is 12.1. The van der Waals surface area contributed by atoms with Gasteiger partial charge in [0.25, 0.3) is 0 Å². The lowest BCUT2D eigenvalue weighted by Crippen LogP contribution is -2.21. The highest BCUT2D eigenvalue weighted by Crippen LogP contribution is 2.26. The fourth-order valence-corrected chi connectivity index (χ4v) is 2.71. The van der Waals surface area contributed by atoms with Crippen molar-refractivity contribution < 1.29 is 4.79 Å². The molecule has 0 aromatic heterocycles. The zero-order chi connectivity index (χ0) is 15.4. The standard InChI is InChI=1S/C16H16Cl2N2O/c1-10(13-7-6-12(17)8-15(13)18)20-9-11-4-2-3-5-14(11)16(19)21/h2-8,10,20H,9H2,1H3,(H2,19,21). The second-order valence-corrected chi connectivity index (χ2v) is 5.63. The second kappa shape index (κ2) is 6.94. The van der Waals surface area contributed by atoms with Crippen molar-refractivity contribution >= 4 is 29.1 Å². The normalized spacial score (nSPS) is 12.1. The van der Waals surface area contributed by atoms with Crippen molar-refractivity contribution in [2.24, 2.45) is 5.73 Å². The van der Waals surface area contributed by atoms with Crippen LogP contribution < -0.4 is 11.1 Å². The van der Waals surface area contributed by atoms with Gasteiger partial charge < -0.3 is 11.1 Å². The molecule has 0 bridgehead atoms. The number of hydrogen-bond donors (Lipinski definition) is 2. The van der Waals surface area contributed by atoms with Crippen LogP contribution in [0, 0.1) is 0 Å². The number of hydrogen-bond acceptors (Lipinski definition) is 2. The average Bonchev–Trinajstić information content (AvgIpc) is 2.45. The smallest absolute Gasteiger partial charge is 0.249 e. The Bertz CT molecular complexity index is 658. The Balaban J connectivity index is 2.11. The van der Waals surface area contributed by atoms with Gasteiger partial charge in [-0.25, -0.2) is 0 Å². The molecule has 1 atom stereocenters. The minimum absolute atomic E-state index is 0.0238. The van der Waals surface area contributed by atoms with E-state index in [1.165, 1.54) is 0 Å². The largest absolute Gasteiger partial charge is 0.366 e. The molecular formula is C16H16Cl2N2O. The van der Waals surface area contributed by atoms with Crippen molar-refractivity contribution in [3.05, 3.63) is 69.2 Å². The van der Waals surface area contributed by atoms with Crippen LogP contribution in [-0.4, -0.2) is 5.91 Å². The summed E-state index contributed by atoms with van der Waals surface area (Å²) in [5.74, 6) is -0.426. The molecule has 1 unspecified atom stereocenters. The zero-order valence-electron chi connectivity index (χ0n) is 11.6. The average molecular weight is 323 g/mol. The molecule has 0 saturated heterocycles. The number of nitrogens with one attached hydrogen (secondary N) is 1. The van der Waals surface area contributed by atoms with E-state index in [1.807, 2.05) is 25.1 Å². The van der Waals surface area contributed by atoms with Crippen molar-refractivity contribution in [2.75, 3.05) is 0 Å². The molecule has 3 nitrogen and oxygen atoms in total. The van der Waals surface area contributed by atoms with Gasteiger partial charge in [-0.2, -0.15) is 0 Å². The molecule has 0 saturated carbocycles. The first kappa shape index (κ1) is 15.8. The molecule has 21 heavy (non-hydrogen) atoms. The minimum atomic E-state index is -0.426. The minimum Gasteiger partial charge on any atom is -0.366 e. The van der Waals surface area contributed by atoms with Gasteiger partial charge in [0.2, 0.25) is 5.91 Å². The van der Waals surface area contributed by atoms with E-state index in [9.17, 15) is 4.79 Å². The van der Waals surface area contributed by atoms with E-state index in [0.717, 1.165) is 11.1 Å². The highest BCUT2D eigenvalue weighted by molar-refractivity contribution is 6.35. The number of amides is 1. The first-order valence-electron chi connectivity index (χ1n) is 6.55. The summed E-state index contributed by atoms with van der Waals surface area (Å²) in [6.07, 6.45) is 0. The Hall–Kier alpha value is -1.55. The molecule has 2 rings (SSSR count). The lowest BCUT2D eigenvalue weighted by molar-refractivity contribution is 0.0999. The third-order valence-corrected chi connectivity index (χ3v) is 3.87. The zero-order valence-corrected chi connectivity index (χ0v) is 13.1. The molecule has 0 aliphatic rings. The summed E-state index contributed by atoms with van der Waals surface area (Å²) in [5, 5.41) is 4.56. The second-order valence-electron chi connectivity index (χ2n) is 4.79. The highest BCUT2D eigenvalue weighted by Gasteiger charge is 2.12. The van der Waals surface area contributed by atoms with Crippen LogP contribution in [0.25, 0.3) is 0 Å². The van der Waals surface area contributed by atoms with E-state index in [0.29, 0.717) is 22.2 Å². The van der Waals surface area contributed by atoms with Crippen LogP contribution in [0.4, 0.5) is 0 Å². The van der Waals surface area contributed by atoms with Gasteiger partial charge in [0, 0.05) is 28.2 Å². The lowest BCUT2D eigenvalue weighted by Gasteiger charge is -2.17. The topological polar surface area (TPSA) is 55.1 Å². The molecule has 3 N–H and O–H groups in total. The molecule has 0 aliphatic carbocycles. The van der Waals surface area contributed by atoms with Crippen LogP contribution in [0.15, 0.2) is 42.5 Å². The molecule has 0 spiro atoms. The van der Waals surface area contributed by atoms with E-state index < -0.39 is 5.91 Å². The molecule has 2 aromatic rings. The molecule has 1 amide bonds. The maximum absolute atomic E-state index is 11.4. The Morgan fingerprint density at radius 3 is 2.62 bits per heavy atom. The van der Waals surface area contributed by atoms with Gasteiger partial charge in [0.1, 0.15) is 0 Å². The van der Waals surface area contributed by atoms with Crippen LogP contribution in [0.1, 0.15) is 34.5 Å². The van der Waals surface area contributed by atoms with Crippen molar-refractivity contribution in [3.63, 3.8) is 0 Å². The number of benzene rings is 2. The molecule has 5 heteroatoms. The predicted molar refractivity (Wildman–Crippen MR) is 86.7 cm³/mol. The Labute approximate surface area is 134 Å². The molecular weight excluding hydrogens is 307 g/mol. The number of rotatable bonds is 5. The van der Waals surface area contributed by atoms with Crippen LogP contribution >= 0.6 is 23.2 Å². The highest BCUT2D eigenvalue weighted by atomic mass is 35.5. The summed E-state index contributed by atoms with van der Waals surface area (Å²) in [7, 11) is 0. The van der Waals surface area contributed by atoms with Gasteiger partial charge in [-0.1, -0.05) is 47.5 Å². The maximum atomic E-state index is 11.4. The first-order chi connectivity index (χ1) is 9.99. The van der Waals surface area contributed by atoms with Crippen molar-refractivity contribution in [1.82, 2.24) is 5.32 Å². The van der Waals surface area contributed by atoms with Gasteiger partial charge in [0.05, 0.1) is 0 Å². The predicted octanol–water partition coefficient (Wildman–Crippen LogP) is 3.94. The number of halogens is 2. The third kappa shape index (κ3) is 3.97. The molecule has 0 aliphatic heterocycles. The summed E-state index contributed by atoms with van der Waals surface area (Å²) < 4.78 is 0. The first-order valence-corrected chi connectivity index (χ1v) is 7.30. The van der Waals surface area contributed by atoms with E-state index >= 15 is 0 Å². The summed E-state index contributed by atoms with van der Waals surface area (Å²) in [5.41, 5.74) is 7.72. The van der Waals surface area contributed by atoms with E-state index in [-0.39, 0.29) is 6.04 Å². The molecule has 0 heterocycles. The van der Waals surface area contributed by atoms with E-state index in [1.54, 1.807) is 24.3 Å². The van der Waals surface area contributed by atoms with Crippen LogP contribution in [-0.2, 0) is 6.54 Å². The molecule has 0 radical (unpaired) electrons. The summed E-state index contributed by atoms with van der Waals surface area (Å²) in [6.45, 7) is 2.53. The number of carbonyl (C=O) groups excluding carboxylic acids is 1. The Morgan fingerprint density at radius 1 is 1.24 bits per heavy atom. The van der Waals surface area contributed by atoms with Crippen molar-refractivity contribution in [1.29, 1.82) is 0 Å². The van der Waals surface area contributed by atoms with Gasteiger partial charge in [-0.3, -0.25) is 4.79 Å². The van der Waals surface area contributed by atoms with Gasteiger partial charge in [-0.05, 0) is 36.2 Å². The summed E-state index contributed by atoms with van der Waals surface area (Å²) in [6, 6.07) is 12.7. The number of nitrogens with two attached hydrogens (primary N) is 1. The van der Waals surface area contributed by atoms with Crippen LogP contribution in [0.5, 0.6) is 0 Å². The number of carbonyl (C=O) groups is 1. The molecule has 110 valence electrons. The lowest BCUT2D eigenvalue weighted by atomic mass is 10.1. The van der Waals surface area contributed by atoms with Crippen molar-refractivity contribution in [3.8, 4) is 0 Å². The number of primary amides is 1. The van der Waals surface area contributed by atoms with Gasteiger partial charge in [0.15, 0.2) is 0 Å². The van der Waals surface area contributed by atoms with Gasteiger partial charge in [-0.15, -0.1) is 0 Å². The Morgan fingerprint density at radius 2 is 1.95 bits per heavy atom. The van der Waals surface area contributed by atoms with Crippen LogP contribution in [0.3, 0.4) is 0 Å². The monoisotopic (exact) mass is 322 g/mol. The summed E-state index contributed by atoms with van der Waals surface area (Å²) in [4.78, 5) is 11.4. The van der Waals surface area contributed by atoms with Crippen LogP contribution in [0.2, 0.25) is 10.0 Å². The van der Waals surface area contributed by atoms with Gasteiger partial charge >= 0.3 is 0 Å². The fraction of sp³-hybridized carbons (Fsp3) is 0.188. The molecule has 2 aromatic carbocycles. The third-order valence-electron chi connectivity index (χ3n) is 3.31. The van der Waals surface area contributed by atoms with E-state index in [4.69, 9.17) is 28.9 Å². The fourth-order valence-electron chi connectivity index (χ4n) is 2.14. The maximum Gasteiger partial charge on any atom is 0.249 e. The van der Waals surface area contributed by atoms with E-state index in [2.05, 4.69) is 5.32 Å². The molecule has 0 fully saturated rings.